The Morgan fingerprint density at radius 3 is 2.63 bits per heavy atom. The molecule has 2 heterocycles. The van der Waals surface area contributed by atoms with E-state index in [9.17, 15) is 22.7 Å². The van der Waals surface area contributed by atoms with E-state index in [1.54, 1.807) is 24.4 Å². The van der Waals surface area contributed by atoms with Crippen molar-refractivity contribution in [2.24, 2.45) is 5.92 Å². The lowest BCUT2D eigenvalue weighted by Gasteiger charge is -2.30. The van der Waals surface area contributed by atoms with E-state index in [-0.39, 0.29) is 23.7 Å². The molecule has 2 N–H and O–H groups in total. The van der Waals surface area contributed by atoms with Gasteiger partial charge in [0, 0.05) is 28.9 Å². The molecule has 0 saturated carbocycles. The number of benzene rings is 2. The first kappa shape index (κ1) is 24.8. The van der Waals surface area contributed by atoms with Gasteiger partial charge < -0.3 is 9.84 Å². The Hall–Kier alpha value is -3.30. The van der Waals surface area contributed by atoms with E-state index in [0.29, 0.717) is 23.3 Å². The first-order valence-electron chi connectivity index (χ1n) is 11.2. The summed E-state index contributed by atoms with van der Waals surface area (Å²) in [5.41, 5.74) is 2.10. The molecule has 1 aliphatic rings. The molecule has 2 aromatic carbocycles. The zero-order valence-electron chi connectivity index (χ0n) is 19.7. The molecule has 0 aliphatic carbocycles. The van der Waals surface area contributed by atoms with Crippen LogP contribution in [0.4, 0.5) is 4.39 Å². The third-order valence-corrected chi connectivity index (χ3v) is 8.07. The van der Waals surface area contributed by atoms with Crippen LogP contribution in [-0.4, -0.2) is 35.8 Å². The quantitative estimate of drug-likeness (QED) is 0.550. The number of amides is 1. The predicted octanol–water partition coefficient (Wildman–Crippen LogP) is 4.03. The lowest BCUT2D eigenvalue weighted by molar-refractivity contribution is 0.0503. The number of aliphatic hydroxyl groups excluding tert-OH is 1. The second-order valence-corrected chi connectivity index (χ2v) is 12.0. The molecule has 4 rings (SSSR count). The van der Waals surface area contributed by atoms with E-state index >= 15 is 0 Å². The highest BCUT2D eigenvalue weighted by Crippen LogP contribution is 2.39. The van der Waals surface area contributed by atoms with Gasteiger partial charge >= 0.3 is 0 Å². The number of nitrogens with zero attached hydrogens (tertiary/aromatic N) is 1. The minimum atomic E-state index is -3.96. The first-order valence-corrected chi connectivity index (χ1v) is 12.7. The van der Waals surface area contributed by atoms with E-state index in [1.165, 1.54) is 32.9 Å². The number of nitrogens with one attached hydrogen (secondary N) is 1. The number of hydrogen-bond acceptors (Lipinski definition) is 6. The van der Waals surface area contributed by atoms with Crippen LogP contribution in [0.3, 0.4) is 0 Å². The van der Waals surface area contributed by atoms with Crippen molar-refractivity contribution in [3.63, 3.8) is 0 Å². The van der Waals surface area contributed by atoms with Crippen molar-refractivity contribution in [2.45, 2.75) is 38.0 Å². The fourth-order valence-electron chi connectivity index (χ4n) is 3.85. The Kier molecular flexibility index (Phi) is 6.66. The van der Waals surface area contributed by atoms with Crippen molar-refractivity contribution in [2.75, 3.05) is 6.61 Å². The Bertz CT molecular complexity index is 1350. The maximum Gasteiger partial charge on any atom is 0.265 e. The minimum absolute atomic E-state index is 0.00330. The van der Waals surface area contributed by atoms with Crippen molar-refractivity contribution in [1.82, 2.24) is 9.71 Å². The predicted molar refractivity (Wildman–Crippen MR) is 130 cm³/mol. The molecule has 0 spiro atoms. The van der Waals surface area contributed by atoms with Crippen LogP contribution in [0.1, 0.15) is 48.5 Å². The average molecular weight is 499 g/mol. The Labute approximate surface area is 204 Å². The number of fused-ring (bicyclic) bond motifs is 1. The van der Waals surface area contributed by atoms with Crippen LogP contribution >= 0.6 is 0 Å². The van der Waals surface area contributed by atoms with Crippen molar-refractivity contribution >= 4 is 15.9 Å². The Morgan fingerprint density at radius 2 is 1.94 bits per heavy atom. The second-order valence-electron chi connectivity index (χ2n) is 9.53. The standard InChI is InChI=1S/C26H27FN2O5S/c1-26(2,3)35(32,33)29-25(31)20-10-8-18(27)14-22(20)16-7-9-21-23(13-16)34-15-17(24(21)30)12-19-6-4-5-11-28-19/h4-11,13-14,17,24,30H,12,15H2,1-3H3,(H,29,31)/t17-,24+/m0/s1. The van der Waals surface area contributed by atoms with Crippen LogP contribution in [0.5, 0.6) is 5.75 Å². The Balaban J connectivity index is 1.64. The van der Waals surface area contributed by atoms with Crippen molar-refractivity contribution in [3.05, 3.63) is 83.4 Å². The monoisotopic (exact) mass is 498 g/mol. The molecule has 7 nitrogen and oxygen atoms in total. The molecular formula is C26H27FN2O5S. The number of sulfonamides is 1. The molecule has 184 valence electrons. The number of halogens is 1. The zero-order valence-corrected chi connectivity index (χ0v) is 20.5. The van der Waals surface area contributed by atoms with Gasteiger partial charge in [0.05, 0.1) is 17.5 Å². The van der Waals surface area contributed by atoms with Crippen molar-refractivity contribution in [3.8, 4) is 16.9 Å². The second kappa shape index (κ2) is 9.39. The van der Waals surface area contributed by atoms with Crippen molar-refractivity contribution < 1.29 is 27.4 Å². The van der Waals surface area contributed by atoms with Crippen LogP contribution in [0.15, 0.2) is 60.8 Å². The molecule has 2 atom stereocenters. The number of aromatic nitrogens is 1. The van der Waals surface area contributed by atoms with Gasteiger partial charge in [-0.1, -0.05) is 18.2 Å². The van der Waals surface area contributed by atoms with E-state index in [2.05, 4.69) is 9.71 Å². The largest absolute Gasteiger partial charge is 0.493 e. The molecule has 0 radical (unpaired) electrons. The zero-order chi connectivity index (χ0) is 25.4. The SMILES string of the molecule is CC(C)(C)S(=O)(=O)NC(=O)c1ccc(F)cc1-c1ccc2c(c1)OC[C@H](Cc1ccccn1)[C@H]2O. The molecule has 0 saturated heterocycles. The number of carbonyl (C=O) groups is 1. The summed E-state index contributed by atoms with van der Waals surface area (Å²) in [7, 11) is -3.96. The van der Waals surface area contributed by atoms with E-state index < -0.39 is 32.6 Å². The summed E-state index contributed by atoms with van der Waals surface area (Å²) in [5.74, 6) is -1.21. The molecule has 3 aromatic rings. The van der Waals surface area contributed by atoms with E-state index in [4.69, 9.17) is 4.74 Å². The first-order chi connectivity index (χ1) is 16.5. The number of hydrogen-bond donors (Lipinski definition) is 2. The molecule has 1 aliphatic heterocycles. The highest BCUT2D eigenvalue weighted by atomic mass is 32.2. The molecule has 1 amide bonds. The molecule has 35 heavy (non-hydrogen) atoms. The highest BCUT2D eigenvalue weighted by molar-refractivity contribution is 7.91. The summed E-state index contributed by atoms with van der Waals surface area (Å²) in [6.45, 7) is 4.68. The molecule has 0 unspecified atom stereocenters. The maximum atomic E-state index is 14.2. The third-order valence-electron chi connectivity index (χ3n) is 6.00. The smallest absolute Gasteiger partial charge is 0.265 e. The van der Waals surface area contributed by atoms with E-state index in [0.717, 1.165) is 11.8 Å². The highest BCUT2D eigenvalue weighted by Gasteiger charge is 2.33. The number of aliphatic hydroxyl groups is 1. The third kappa shape index (κ3) is 5.21. The molecule has 9 heteroatoms. The van der Waals surface area contributed by atoms with Gasteiger partial charge in [-0.25, -0.2) is 17.5 Å². The van der Waals surface area contributed by atoms with Gasteiger partial charge in [0.2, 0.25) is 10.0 Å². The summed E-state index contributed by atoms with van der Waals surface area (Å²) in [6.07, 6.45) is 1.45. The van der Waals surface area contributed by atoms with Crippen LogP contribution in [-0.2, 0) is 16.4 Å². The van der Waals surface area contributed by atoms with Crippen LogP contribution in [0.25, 0.3) is 11.1 Å². The van der Waals surface area contributed by atoms with Crippen LogP contribution in [0.2, 0.25) is 0 Å². The fraction of sp³-hybridized carbons (Fsp3) is 0.308. The van der Waals surface area contributed by atoms with Gasteiger partial charge in [-0.15, -0.1) is 0 Å². The normalized spacial score (nSPS) is 17.9. The summed E-state index contributed by atoms with van der Waals surface area (Å²) in [6, 6.07) is 14.1. The topological polar surface area (TPSA) is 106 Å². The Morgan fingerprint density at radius 1 is 1.17 bits per heavy atom. The summed E-state index contributed by atoms with van der Waals surface area (Å²) < 4.78 is 45.9. The average Bonchev–Trinajstić information content (AvgIpc) is 2.80. The fourth-order valence-corrected chi connectivity index (χ4v) is 4.51. The van der Waals surface area contributed by atoms with Gasteiger partial charge in [0.1, 0.15) is 11.6 Å². The number of pyridine rings is 1. The van der Waals surface area contributed by atoms with Gasteiger partial charge in [0.15, 0.2) is 0 Å². The minimum Gasteiger partial charge on any atom is -0.493 e. The molecule has 1 aromatic heterocycles. The number of ether oxygens (including phenoxy) is 1. The van der Waals surface area contributed by atoms with Crippen LogP contribution in [0, 0.1) is 11.7 Å². The molecular weight excluding hydrogens is 471 g/mol. The van der Waals surface area contributed by atoms with Gasteiger partial charge in [-0.2, -0.15) is 0 Å². The van der Waals surface area contributed by atoms with Gasteiger partial charge in [-0.05, 0) is 74.7 Å². The maximum absolute atomic E-state index is 14.2. The van der Waals surface area contributed by atoms with Crippen molar-refractivity contribution in [1.29, 1.82) is 0 Å². The number of carbonyl (C=O) groups excluding carboxylic acids is 1. The summed E-state index contributed by atoms with van der Waals surface area (Å²) in [5, 5.41) is 10.9. The summed E-state index contributed by atoms with van der Waals surface area (Å²) >= 11 is 0. The lowest BCUT2D eigenvalue weighted by atomic mass is 9.88. The number of rotatable bonds is 5. The van der Waals surface area contributed by atoms with Crippen LogP contribution < -0.4 is 9.46 Å². The molecule has 0 bridgehead atoms. The van der Waals surface area contributed by atoms with E-state index in [1.807, 2.05) is 18.2 Å². The molecule has 0 fully saturated rings. The van der Waals surface area contributed by atoms with Gasteiger partial charge in [0.25, 0.3) is 5.91 Å². The lowest BCUT2D eigenvalue weighted by Crippen LogP contribution is -2.42. The van der Waals surface area contributed by atoms with Gasteiger partial charge in [-0.3, -0.25) is 9.78 Å². The summed E-state index contributed by atoms with van der Waals surface area (Å²) in [4.78, 5) is 17.2.